The lowest BCUT2D eigenvalue weighted by Gasteiger charge is -2.08. The fraction of sp³-hybridized carbons (Fsp3) is 0. The second-order valence-corrected chi connectivity index (χ2v) is 2.81. The highest BCUT2D eigenvalue weighted by Gasteiger charge is 1.95. The van der Waals surface area contributed by atoms with Crippen LogP contribution in [0.2, 0.25) is 0 Å². The Morgan fingerprint density at radius 1 is 0.812 bits per heavy atom. The van der Waals surface area contributed by atoms with Gasteiger partial charge in [-0.1, -0.05) is 0 Å². The highest BCUT2D eigenvalue weighted by molar-refractivity contribution is 5.74. The number of carbonyl (C=O) groups is 2. The number of benzene rings is 1. The smallest absolute Gasteiger partial charge is 0.330 e. The Hall–Kier alpha value is -2.64. The second kappa shape index (κ2) is 5.29. The van der Waals surface area contributed by atoms with Crippen molar-refractivity contribution < 1.29 is 9.59 Å². The number of hydrogen-bond acceptors (Lipinski definition) is 4. The lowest BCUT2D eigenvalue weighted by atomic mass is 10.3. The van der Waals surface area contributed by atoms with E-state index < -0.39 is 12.1 Å². The van der Waals surface area contributed by atoms with Gasteiger partial charge in [-0.15, -0.1) is 0 Å². The summed E-state index contributed by atoms with van der Waals surface area (Å²) in [6, 6.07) is 5.30. The van der Waals surface area contributed by atoms with Gasteiger partial charge in [0.2, 0.25) is 0 Å². The van der Waals surface area contributed by atoms with Gasteiger partial charge in [0.05, 0.1) is 11.4 Å². The van der Waals surface area contributed by atoms with Gasteiger partial charge in [-0.25, -0.2) is 9.59 Å². The monoisotopic (exact) mass is 224 g/mol. The molecule has 86 valence electrons. The number of nitrogens with two attached hydrogens (primary N) is 2. The zero-order valence-corrected chi connectivity index (χ0v) is 8.28. The quantitative estimate of drug-likeness (QED) is 0.390. The molecule has 1 aromatic rings. The molecule has 0 unspecified atom stereocenters. The fourth-order valence-electron chi connectivity index (χ4n) is 0.904. The van der Waals surface area contributed by atoms with E-state index in [0.717, 1.165) is 0 Å². The van der Waals surface area contributed by atoms with Crippen LogP contribution < -0.4 is 33.2 Å². The minimum Gasteiger partial charge on any atom is -0.350 e. The molecule has 0 saturated heterocycles. The average Bonchev–Trinajstić information content (AvgIpc) is 2.25. The summed E-state index contributed by atoms with van der Waals surface area (Å²) in [5.74, 6) is 0. The van der Waals surface area contributed by atoms with Crippen molar-refractivity contribution in [3.63, 3.8) is 0 Å². The van der Waals surface area contributed by atoms with Gasteiger partial charge in [0, 0.05) is 0 Å². The van der Waals surface area contributed by atoms with Crippen LogP contribution in [0, 0.1) is 0 Å². The molecule has 16 heavy (non-hydrogen) atoms. The topological polar surface area (TPSA) is 134 Å². The molecule has 0 fully saturated rings. The van der Waals surface area contributed by atoms with Crippen LogP contribution in [0.15, 0.2) is 24.3 Å². The van der Waals surface area contributed by atoms with E-state index in [2.05, 4.69) is 21.7 Å². The van der Waals surface area contributed by atoms with Gasteiger partial charge in [-0.05, 0) is 24.3 Å². The molecule has 0 aliphatic carbocycles. The molecular formula is C8H12N6O2. The summed E-state index contributed by atoms with van der Waals surface area (Å²) in [4.78, 5) is 20.8. The zero-order valence-electron chi connectivity index (χ0n) is 8.28. The Bertz CT molecular complexity index is 340. The Morgan fingerprint density at radius 3 is 1.38 bits per heavy atom. The first-order valence-corrected chi connectivity index (χ1v) is 4.31. The third-order valence-electron chi connectivity index (χ3n) is 1.54. The predicted molar refractivity (Wildman–Crippen MR) is 59.1 cm³/mol. The lowest BCUT2D eigenvalue weighted by Crippen LogP contribution is -2.34. The molecule has 0 heterocycles. The first-order valence-electron chi connectivity index (χ1n) is 4.31. The van der Waals surface area contributed by atoms with Gasteiger partial charge in [-0.3, -0.25) is 21.7 Å². The van der Waals surface area contributed by atoms with Crippen molar-refractivity contribution in [3.05, 3.63) is 24.3 Å². The summed E-state index contributed by atoms with van der Waals surface area (Å²) in [7, 11) is 0. The molecule has 0 aliphatic rings. The van der Waals surface area contributed by atoms with Crippen LogP contribution >= 0.6 is 0 Å². The molecule has 0 aliphatic heterocycles. The van der Waals surface area contributed by atoms with Crippen LogP contribution in [0.3, 0.4) is 0 Å². The van der Waals surface area contributed by atoms with Gasteiger partial charge in [0.1, 0.15) is 0 Å². The van der Waals surface area contributed by atoms with Crippen LogP contribution in [-0.4, -0.2) is 12.1 Å². The molecule has 0 spiro atoms. The van der Waals surface area contributed by atoms with Crippen LogP contribution in [0.5, 0.6) is 0 Å². The minimum absolute atomic E-state index is 0.642. The van der Waals surface area contributed by atoms with E-state index in [-0.39, 0.29) is 0 Å². The SMILES string of the molecule is NC(=O)NNc1ccc(NNC(N)=O)cc1. The number of hydrazine groups is 2. The number of urea groups is 2. The molecule has 0 bridgehead atoms. The maximum Gasteiger partial charge on any atom is 0.330 e. The number of anilines is 2. The molecule has 0 atom stereocenters. The zero-order chi connectivity index (χ0) is 12.0. The number of nitrogens with one attached hydrogen (secondary N) is 4. The molecule has 8 N–H and O–H groups in total. The third-order valence-corrected chi connectivity index (χ3v) is 1.54. The fourth-order valence-corrected chi connectivity index (χ4v) is 0.904. The molecule has 1 aromatic carbocycles. The van der Waals surface area contributed by atoms with Crippen molar-refractivity contribution in [1.82, 2.24) is 10.9 Å². The molecule has 8 nitrogen and oxygen atoms in total. The molecular weight excluding hydrogens is 212 g/mol. The van der Waals surface area contributed by atoms with E-state index in [1.807, 2.05) is 0 Å². The molecule has 0 radical (unpaired) electrons. The maximum atomic E-state index is 10.4. The van der Waals surface area contributed by atoms with E-state index in [1.54, 1.807) is 24.3 Å². The average molecular weight is 224 g/mol. The molecule has 0 aromatic heterocycles. The third kappa shape index (κ3) is 4.05. The predicted octanol–water partition coefficient (Wildman–Crippen LogP) is -0.323. The number of carbonyl (C=O) groups excluding carboxylic acids is 2. The number of amides is 4. The first kappa shape index (κ1) is 11.4. The summed E-state index contributed by atoms with van der Waals surface area (Å²) in [5.41, 5.74) is 20.6. The highest BCUT2D eigenvalue weighted by atomic mass is 16.2. The van der Waals surface area contributed by atoms with Crippen LogP contribution in [-0.2, 0) is 0 Å². The molecule has 0 saturated carbocycles. The van der Waals surface area contributed by atoms with E-state index in [1.165, 1.54) is 0 Å². The van der Waals surface area contributed by atoms with E-state index in [9.17, 15) is 9.59 Å². The van der Waals surface area contributed by atoms with Crippen molar-refractivity contribution in [1.29, 1.82) is 0 Å². The standard InChI is InChI=1S/C8H12N6O2/c9-7(15)13-11-5-1-2-6(4-3-5)12-14-8(10)16/h1-4,11-12H,(H3,9,13,15)(H3,10,14,16). The number of primary amides is 2. The number of hydrogen-bond donors (Lipinski definition) is 6. The summed E-state index contributed by atoms with van der Waals surface area (Å²) in [5, 5.41) is 0. The summed E-state index contributed by atoms with van der Waals surface area (Å²) in [6.07, 6.45) is 0. The van der Waals surface area contributed by atoms with E-state index in [0.29, 0.717) is 11.4 Å². The minimum atomic E-state index is -0.683. The molecule has 8 heteroatoms. The van der Waals surface area contributed by atoms with Crippen LogP contribution in [0.4, 0.5) is 21.0 Å². The van der Waals surface area contributed by atoms with Crippen LogP contribution in [0.25, 0.3) is 0 Å². The largest absolute Gasteiger partial charge is 0.350 e. The van der Waals surface area contributed by atoms with E-state index >= 15 is 0 Å². The van der Waals surface area contributed by atoms with Crippen LogP contribution in [0.1, 0.15) is 0 Å². The van der Waals surface area contributed by atoms with Crippen molar-refractivity contribution >= 4 is 23.4 Å². The molecule has 4 amide bonds. The van der Waals surface area contributed by atoms with Crippen molar-refractivity contribution in [2.24, 2.45) is 11.5 Å². The van der Waals surface area contributed by atoms with Gasteiger partial charge in [0.25, 0.3) is 0 Å². The van der Waals surface area contributed by atoms with Crippen molar-refractivity contribution in [2.45, 2.75) is 0 Å². The Balaban J connectivity index is 2.47. The Kier molecular flexibility index (Phi) is 3.78. The lowest BCUT2D eigenvalue weighted by molar-refractivity contribution is 0.250. The van der Waals surface area contributed by atoms with E-state index in [4.69, 9.17) is 11.5 Å². The first-order chi connectivity index (χ1) is 7.58. The maximum absolute atomic E-state index is 10.4. The highest BCUT2D eigenvalue weighted by Crippen LogP contribution is 2.11. The molecule has 1 rings (SSSR count). The Morgan fingerprint density at radius 2 is 1.12 bits per heavy atom. The van der Waals surface area contributed by atoms with Gasteiger partial charge in [-0.2, -0.15) is 0 Å². The van der Waals surface area contributed by atoms with Gasteiger partial charge >= 0.3 is 12.1 Å². The normalized spacial score (nSPS) is 9.00. The summed E-state index contributed by atoms with van der Waals surface area (Å²) in [6.45, 7) is 0. The summed E-state index contributed by atoms with van der Waals surface area (Å²) >= 11 is 0. The summed E-state index contributed by atoms with van der Waals surface area (Å²) < 4.78 is 0. The van der Waals surface area contributed by atoms with Crippen molar-refractivity contribution in [3.8, 4) is 0 Å². The van der Waals surface area contributed by atoms with Gasteiger partial charge in [0.15, 0.2) is 0 Å². The van der Waals surface area contributed by atoms with Gasteiger partial charge < -0.3 is 11.5 Å². The number of rotatable bonds is 4. The Labute approximate surface area is 91.3 Å². The van der Waals surface area contributed by atoms with Crippen molar-refractivity contribution in [2.75, 3.05) is 10.9 Å². The second-order valence-electron chi connectivity index (χ2n) is 2.81.